The summed E-state index contributed by atoms with van der Waals surface area (Å²) in [5, 5.41) is 0. The predicted molar refractivity (Wildman–Crippen MR) is 57.5 cm³/mol. The molecule has 0 amide bonds. The Morgan fingerprint density at radius 1 is 1.62 bits per heavy atom. The molecule has 0 saturated heterocycles. The lowest BCUT2D eigenvalue weighted by Crippen LogP contribution is -1.96. The van der Waals surface area contributed by atoms with Crippen molar-refractivity contribution in [2.75, 3.05) is 0 Å². The lowest BCUT2D eigenvalue weighted by atomic mass is 10.2. The molecule has 0 aromatic carbocycles. The second-order valence-corrected chi connectivity index (χ2v) is 3.42. The van der Waals surface area contributed by atoms with Crippen LogP contribution in [0.1, 0.15) is 31.5 Å². The third-order valence-electron chi connectivity index (χ3n) is 2.33. The molecule has 1 N–H and O–H groups in total. The minimum absolute atomic E-state index is 0.458. The van der Waals surface area contributed by atoms with Crippen LogP contribution in [0.15, 0.2) is 17.3 Å². The molecular formula is C11H18N2. The van der Waals surface area contributed by atoms with Gasteiger partial charge in [0.15, 0.2) is 0 Å². The number of aryl methyl sites for hydroxylation is 1. The maximum absolute atomic E-state index is 4.42. The van der Waals surface area contributed by atoms with E-state index in [1.165, 1.54) is 11.3 Å². The molecule has 0 aliphatic rings. The predicted octanol–water partition coefficient (Wildman–Crippen LogP) is 2.73. The van der Waals surface area contributed by atoms with E-state index in [9.17, 15) is 0 Å². The Morgan fingerprint density at radius 3 is 2.92 bits per heavy atom. The van der Waals surface area contributed by atoms with E-state index >= 15 is 0 Å². The van der Waals surface area contributed by atoms with Crippen molar-refractivity contribution in [1.82, 2.24) is 4.98 Å². The second kappa shape index (κ2) is 4.85. The van der Waals surface area contributed by atoms with Crippen LogP contribution < -0.4 is 0 Å². The summed E-state index contributed by atoms with van der Waals surface area (Å²) in [5.74, 6) is 0. The van der Waals surface area contributed by atoms with Crippen LogP contribution in [0.4, 0.5) is 0 Å². The van der Waals surface area contributed by atoms with Gasteiger partial charge in [-0.1, -0.05) is 6.92 Å². The van der Waals surface area contributed by atoms with Crippen molar-refractivity contribution in [2.24, 2.45) is 4.99 Å². The van der Waals surface area contributed by atoms with E-state index in [1.54, 1.807) is 0 Å². The van der Waals surface area contributed by atoms with Crippen LogP contribution in [0.5, 0.6) is 0 Å². The summed E-state index contributed by atoms with van der Waals surface area (Å²) < 4.78 is 0. The third kappa shape index (κ3) is 3.05. The molecule has 1 unspecified atom stereocenters. The number of hydrogen-bond acceptors (Lipinski definition) is 1. The van der Waals surface area contributed by atoms with Crippen molar-refractivity contribution in [2.45, 2.75) is 39.7 Å². The van der Waals surface area contributed by atoms with Crippen LogP contribution in [0.2, 0.25) is 0 Å². The number of H-pyrrole nitrogens is 1. The van der Waals surface area contributed by atoms with E-state index in [1.807, 2.05) is 12.4 Å². The van der Waals surface area contributed by atoms with Crippen molar-refractivity contribution in [3.05, 3.63) is 23.5 Å². The molecule has 0 fully saturated rings. The Balaban J connectivity index is 2.43. The van der Waals surface area contributed by atoms with E-state index in [2.05, 4.69) is 36.8 Å². The molecule has 1 aromatic heterocycles. The summed E-state index contributed by atoms with van der Waals surface area (Å²) in [6.07, 6.45) is 6.05. The molecule has 0 spiro atoms. The van der Waals surface area contributed by atoms with Gasteiger partial charge < -0.3 is 4.98 Å². The molecule has 2 nitrogen and oxygen atoms in total. The molecule has 2 heteroatoms. The van der Waals surface area contributed by atoms with Crippen molar-refractivity contribution < 1.29 is 0 Å². The summed E-state index contributed by atoms with van der Waals surface area (Å²) in [6.45, 7) is 6.39. The zero-order valence-corrected chi connectivity index (χ0v) is 8.67. The molecule has 0 saturated carbocycles. The van der Waals surface area contributed by atoms with Gasteiger partial charge in [0.05, 0.1) is 0 Å². The number of aromatic nitrogens is 1. The summed E-state index contributed by atoms with van der Waals surface area (Å²) >= 11 is 0. The van der Waals surface area contributed by atoms with E-state index in [0.29, 0.717) is 6.04 Å². The minimum Gasteiger partial charge on any atom is -0.365 e. The Bertz CT molecular complexity index is 273. The highest BCUT2D eigenvalue weighted by molar-refractivity contribution is 5.62. The lowest BCUT2D eigenvalue weighted by molar-refractivity contribution is 0.718. The zero-order chi connectivity index (χ0) is 9.68. The highest BCUT2D eigenvalue weighted by Crippen LogP contribution is 2.04. The average Bonchev–Trinajstić information content (AvgIpc) is 2.52. The first-order valence-electron chi connectivity index (χ1n) is 4.88. The Hall–Kier alpha value is -1.05. The van der Waals surface area contributed by atoms with Gasteiger partial charge in [0.1, 0.15) is 0 Å². The summed E-state index contributed by atoms with van der Waals surface area (Å²) in [6, 6.07) is 2.57. The first-order valence-corrected chi connectivity index (χ1v) is 4.88. The van der Waals surface area contributed by atoms with Gasteiger partial charge >= 0.3 is 0 Å². The Morgan fingerprint density at radius 2 is 2.38 bits per heavy atom. The molecule has 1 atom stereocenters. The van der Waals surface area contributed by atoms with Crippen LogP contribution in [0.3, 0.4) is 0 Å². The molecule has 1 heterocycles. The number of rotatable bonds is 4. The Kier molecular flexibility index (Phi) is 3.74. The second-order valence-electron chi connectivity index (χ2n) is 3.42. The average molecular weight is 178 g/mol. The van der Waals surface area contributed by atoms with Gasteiger partial charge in [0.25, 0.3) is 0 Å². The largest absolute Gasteiger partial charge is 0.365 e. The monoisotopic (exact) mass is 178 g/mol. The number of aromatic amines is 1. The Labute approximate surface area is 80.1 Å². The highest BCUT2D eigenvalue weighted by Gasteiger charge is 1.96. The van der Waals surface area contributed by atoms with Crippen molar-refractivity contribution in [3.8, 4) is 0 Å². The number of aliphatic imine (C=N–C) groups is 1. The van der Waals surface area contributed by atoms with Gasteiger partial charge in [-0.2, -0.15) is 0 Å². The highest BCUT2D eigenvalue weighted by atomic mass is 14.7. The van der Waals surface area contributed by atoms with E-state index in [0.717, 1.165) is 12.8 Å². The number of nitrogens with one attached hydrogen (secondary N) is 1. The van der Waals surface area contributed by atoms with Crippen molar-refractivity contribution >= 4 is 6.21 Å². The van der Waals surface area contributed by atoms with E-state index in [-0.39, 0.29) is 0 Å². The summed E-state index contributed by atoms with van der Waals surface area (Å²) in [7, 11) is 0. The summed E-state index contributed by atoms with van der Waals surface area (Å²) in [5.41, 5.74) is 2.59. The molecular weight excluding hydrogens is 160 g/mol. The van der Waals surface area contributed by atoms with Gasteiger partial charge in [0.2, 0.25) is 0 Å². The topological polar surface area (TPSA) is 28.1 Å². The third-order valence-corrected chi connectivity index (χ3v) is 2.33. The molecule has 0 aliphatic heterocycles. The van der Waals surface area contributed by atoms with Gasteiger partial charge in [-0.05, 0) is 31.9 Å². The molecule has 1 rings (SSSR count). The maximum Gasteiger partial charge on any atom is 0.0465 e. The van der Waals surface area contributed by atoms with Crippen molar-refractivity contribution in [3.63, 3.8) is 0 Å². The summed E-state index contributed by atoms with van der Waals surface area (Å²) in [4.78, 5) is 7.58. The SMILES string of the molecule is CCC(C)N=CCc1cc[nH]c1C. The van der Waals surface area contributed by atoms with Crippen LogP contribution in [0.25, 0.3) is 0 Å². The number of hydrogen-bond donors (Lipinski definition) is 1. The number of nitrogens with zero attached hydrogens (tertiary/aromatic N) is 1. The van der Waals surface area contributed by atoms with Crippen molar-refractivity contribution in [1.29, 1.82) is 0 Å². The lowest BCUT2D eigenvalue weighted by Gasteiger charge is -1.99. The molecule has 0 bridgehead atoms. The van der Waals surface area contributed by atoms with Crippen LogP contribution in [-0.2, 0) is 6.42 Å². The van der Waals surface area contributed by atoms with Gasteiger partial charge in [-0.15, -0.1) is 0 Å². The van der Waals surface area contributed by atoms with Crippen LogP contribution in [0, 0.1) is 6.92 Å². The zero-order valence-electron chi connectivity index (χ0n) is 8.67. The first kappa shape index (κ1) is 10.0. The molecule has 72 valence electrons. The smallest absolute Gasteiger partial charge is 0.0465 e. The molecule has 1 aromatic rings. The quantitative estimate of drug-likeness (QED) is 0.687. The normalized spacial score (nSPS) is 13.8. The van der Waals surface area contributed by atoms with Gasteiger partial charge in [-0.25, -0.2) is 0 Å². The fourth-order valence-corrected chi connectivity index (χ4v) is 1.14. The van der Waals surface area contributed by atoms with E-state index in [4.69, 9.17) is 0 Å². The first-order chi connectivity index (χ1) is 6.24. The fraction of sp³-hybridized carbons (Fsp3) is 0.545. The standard InChI is InChI=1S/C11H18N2/c1-4-9(2)12-7-5-11-6-8-13-10(11)3/h6-9,13H,4-5H2,1-3H3. The van der Waals surface area contributed by atoms with Gasteiger partial charge in [0, 0.05) is 30.6 Å². The minimum atomic E-state index is 0.458. The molecule has 0 aliphatic carbocycles. The fourth-order valence-electron chi connectivity index (χ4n) is 1.14. The molecule has 0 radical (unpaired) electrons. The molecule has 13 heavy (non-hydrogen) atoms. The van der Waals surface area contributed by atoms with Crippen LogP contribution >= 0.6 is 0 Å². The van der Waals surface area contributed by atoms with Crippen LogP contribution in [-0.4, -0.2) is 17.2 Å². The van der Waals surface area contributed by atoms with Gasteiger partial charge in [-0.3, -0.25) is 4.99 Å². The maximum atomic E-state index is 4.42. The van der Waals surface area contributed by atoms with E-state index < -0.39 is 0 Å².